The predicted octanol–water partition coefficient (Wildman–Crippen LogP) is 6.03. The average molecular weight is 350 g/mol. The molecule has 25 heavy (non-hydrogen) atoms. The fourth-order valence-electron chi connectivity index (χ4n) is 3.34. The van der Waals surface area contributed by atoms with Gasteiger partial charge in [0.15, 0.2) is 0 Å². The van der Waals surface area contributed by atoms with Crippen molar-refractivity contribution in [1.29, 1.82) is 5.26 Å². The van der Waals surface area contributed by atoms with E-state index >= 15 is 0 Å². The molecular weight excluding hydrogens is 330 g/mol. The average Bonchev–Trinajstić information content (AvgIpc) is 2.61. The van der Waals surface area contributed by atoms with Crippen LogP contribution in [0.15, 0.2) is 36.5 Å². The Hall–Kier alpha value is -2.44. The summed E-state index contributed by atoms with van der Waals surface area (Å²) < 4.78 is 0. The molecule has 0 radical (unpaired) electrons. The minimum Gasteiger partial charge on any atom is -0.262 e. The second-order valence-corrected chi connectivity index (χ2v) is 6.66. The molecule has 2 aromatic heterocycles. The Morgan fingerprint density at radius 3 is 2.56 bits per heavy atom. The van der Waals surface area contributed by atoms with Crippen LogP contribution in [0.25, 0.3) is 22.0 Å². The van der Waals surface area contributed by atoms with Gasteiger partial charge in [0.1, 0.15) is 6.07 Å². The van der Waals surface area contributed by atoms with E-state index in [0.29, 0.717) is 10.6 Å². The maximum atomic E-state index is 9.96. The molecule has 0 fully saturated rings. The molecule has 0 aliphatic carbocycles. The van der Waals surface area contributed by atoms with E-state index in [9.17, 15) is 5.26 Å². The number of aromatic nitrogens is 2. The van der Waals surface area contributed by atoms with Gasteiger partial charge in [-0.15, -0.1) is 0 Å². The molecule has 4 heteroatoms. The summed E-state index contributed by atoms with van der Waals surface area (Å²) in [6.07, 6.45) is 3.68. The molecule has 3 rings (SSSR count). The Morgan fingerprint density at radius 1 is 1.16 bits per heavy atom. The van der Waals surface area contributed by atoms with Crippen LogP contribution in [-0.2, 0) is 0 Å². The zero-order chi connectivity index (χ0) is 18.0. The van der Waals surface area contributed by atoms with Crippen LogP contribution in [0.2, 0.25) is 5.02 Å². The lowest BCUT2D eigenvalue weighted by Crippen LogP contribution is -2.05. The van der Waals surface area contributed by atoms with Crippen molar-refractivity contribution in [2.24, 2.45) is 0 Å². The van der Waals surface area contributed by atoms with Crippen LogP contribution in [-0.4, -0.2) is 9.97 Å². The number of hydrogen-bond acceptors (Lipinski definition) is 3. The number of nitrogens with zero attached hydrogens (tertiary/aromatic N) is 3. The molecule has 0 aliphatic heterocycles. The number of hydrogen-bond donors (Lipinski definition) is 0. The smallest absolute Gasteiger partial charge is 0.102 e. The molecule has 1 aromatic carbocycles. The monoisotopic (exact) mass is 349 g/mol. The first kappa shape index (κ1) is 17.4. The number of fused-ring (bicyclic) bond motifs is 1. The molecule has 0 saturated heterocycles. The molecule has 3 nitrogen and oxygen atoms in total. The van der Waals surface area contributed by atoms with E-state index in [1.54, 1.807) is 6.20 Å². The highest BCUT2D eigenvalue weighted by molar-refractivity contribution is 6.31. The van der Waals surface area contributed by atoms with Gasteiger partial charge in [0.25, 0.3) is 0 Å². The van der Waals surface area contributed by atoms with E-state index in [2.05, 4.69) is 24.9 Å². The van der Waals surface area contributed by atoms with Crippen LogP contribution in [0.5, 0.6) is 0 Å². The molecule has 0 N–H and O–H groups in total. The van der Waals surface area contributed by atoms with Gasteiger partial charge in [-0.3, -0.25) is 9.97 Å². The molecular formula is C21H20ClN3. The number of nitriles is 1. The van der Waals surface area contributed by atoms with Crippen molar-refractivity contribution in [3.63, 3.8) is 0 Å². The molecule has 126 valence electrons. The Bertz CT molecular complexity index is 969. The van der Waals surface area contributed by atoms with E-state index < -0.39 is 0 Å². The number of rotatable bonds is 4. The van der Waals surface area contributed by atoms with Crippen molar-refractivity contribution < 1.29 is 0 Å². The fourth-order valence-corrected chi connectivity index (χ4v) is 3.51. The minimum atomic E-state index is 0.261. The van der Waals surface area contributed by atoms with Gasteiger partial charge in [-0.2, -0.15) is 5.26 Å². The van der Waals surface area contributed by atoms with E-state index in [0.717, 1.165) is 46.3 Å². The SMILES string of the molecule is CCC(CC)c1nc2ccc(Cl)cc2c(-c2ccnc(C)c2)c1C#N. The van der Waals surface area contributed by atoms with Gasteiger partial charge in [0.05, 0.1) is 16.8 Å². The van der Waals surface area contributed by atoms with Crippen molar-refractivity contribution in [3.05, 3.63) is 58.5 Å². The third kappa shape index (κ3) is 3.23. The van der Waals surface area contributed by atoms with Gasteiger partial charge in [-0.1, -0.05) is 25.4 Å². The Morgan fingerprint density at radius 2 is 1.92 bits per heavy atom. The summed E-state index contributed by atoms with van der Waals surface area (Å²) in [7, 11) is 0. The van der Waals surface area contributed by atoms with Crippen LogP contribution in [0.1, 0.15) is 49.6 Å². The quantitative estimate of drug-likeness (QED) is 0.577. The number of aryl methyl sites for hydroxylation is 1. The molecule has 3 aromatic rings. The highest BCUT2D eigenvalue weighted by atomic mass is 35.5. The zero-order valence-corrected chi connectivity index (χ0v) is 15.4. The summed E-state index contributed by atoms with van der Waals surface area (Å²) >= 11 is 6.24. The Kier molecular flexibility index (Phi) is 5.01. The third-order valence-corrected chi connectivity index (χ3v) is 4.88. The first-order chi connectivity index (χ1) is 12.1. The first-order valence-corrected chi connectivity index (χ1v) is 8.93. The number of halogens is 1. The lowest BCUT2D eigenvalue weighted by Gasteiger charge is -2.18. The van der Waals surface area contributed by atoms with Gasteiger partial charge in [-0.05, 0) is 55.7 Å². The largest absolute Gasteiger partial charge is 0.262 e. The van der Waals surface area contributed by atoms with Crippen LogP contribution >= 0.6 is 11.6 Å². The molecule has 0 saturated carbocycles. The first-order valence-electron chi connectivity index (χ1n) is 8.55. The highest BCUT2D eigenvalue weighted by Crippen LogP contribution is 2.37. The summed E-state index contributed by atoms with van der Waals surface area (Å²) in [5, 5.41) is 11.5. The summed E-state index contributed by atoms with van der Waals surface area (Å²) in [4.78, 5) is 9.12. The van der Waals surface area contributed by atoms with Crippen LogP contribution in [0, 0.1) is 18.3 Å². The standard InChI is InChI=1S/C21H20ClN3/c1-4-14(5-2)21-18(12-23)20(15-8-9-24-13(3)10-15)17-11-16(22)6-7-19(17)25-21/h6-11,14H,4-5H2,1-3H3. The molecule has 0 spiro atoms. The van der Waals surface area contributed by atoms with E-state index in [1.165, 1.54) is 0 Å². The molecule has 0 unspecified atom stereocenters. The molecule has 0 amide bonds. The number of benzene rings is 1. The maximum Gasteiger partial charge on any atom is 0.102 e. The molecule has 0 aliphatic rings. The van der Waals surface area contributed by atoms with Gasteiger partial charge in [0.2, 0.25) is 0 Å². The second-order valence-electron chi connectivity index (χ2n) is 6.22. The third-order valence-electron chi connectivity index (χ3n) is 4.64. The lowest BCUT2D eigenvalue weighted by molar-refractivity contribution is 0.624. The maximum absolute atomic E-state index is 9.96. The molecule has 0 atom stereocenters. The van der Waals surface area contributed by atoms with E-state index in [1.807, 2.05) is 37.3 Å². The molecule has 0 bridgehead atoms. The van der Waals surface area contributed by atoms with Gasteiger partial charge in [0, 0.05) is 33.8 Å². The Labute approximate surface area is 153 Å². The highest BCUT2D eigenvalue weighted by Gasteiger charge is 2.21. The van der Waals surface area contributed by atoms with E-state index in [-0.39, 0.29) is 5.92 Å². The predicted molar refractivity (Wildman–Crippen MR) is 103 cm³/mol. The van der Waals surface area contributed by atoms with Crippen molar-refractivity contribution in [2.45, 2.75) is 39.5 Å². The van der Waals surface area contributed by atoms with Crippen molar-refractivity contribution in [3.8, 4) is 17.2 Å². The molecule has 2 heterocycles. The summed E-state index contributed by atoms with van der Waals surface area (Å²) in [6, 6.07) is 12.0. The topological polar surface area (TPSA) is 49.6 Å². The zero-order valence-electron chi connectivity index (χ0n) is 14.7. The van der Waals surface area contributed by atoms with Gasteiger partial charge >= 0.3 is 0 Å². The van der Waals surface area contributed by atoms with E-state index in [4.69, 9.17) is 16.6 Å². The second kappa shape index (κ2) is 7.21. The normalized spacial score (nSPS) is 11.0. The van der Waals surface area contributed by atoms with Crippen LogP contribution in [0.3, 0.4) is 0 Å². The lowest BCUT2D eigenvalue weighted by atomic mass is 9.88. The van der Waals surface area contributed by atoms with Gasteiger partial charge < -0.3 is 0 Å². The van der Waals surface area contributed by atoms with Crippen molar-refractivity contribution >= 4 is 22.5 Å². The minimum absolute atomic E-state index is 0.261. The summed E-state index contributed by atoms with van der Waals surface area (Å²) in [6.45, 7) is 6.23. The van der Waals surface area contributed by atoms with Gasteiger partial charge in [-0.25, -0.2) is 0 Å². The van der Waals surface area contributed by atoms with Crippen molar-refractivity contribution in [2.75, 3.05) is 0 Å². The van der Waals surface area contributed by atoms with Crippen molar-refractivity contribution in [1.82, 2.24) is 9.97 Å². The Balaban J connectivity index is 2.46. The fraction of sp³-hybridized carbons (Fsp3) is 0.286. The van der Waals surface area contributed by atoms with Crippen LogP contribution in [0.4, 0.5) is 0 Å². The van der Waals surface area contributed by atoms with Crippen LogP contribution < -0.4 is 0 Å². The summed E-state index contributed by atoms with van der Waals surface area (Å²) in [5.41, 5.74) is 5.20. The number of pyridine rings is 2. The summed E-state index contributed by atoms with van der Waals surface area (Å²) in [5.74, 6) is 0.261.